The molecule has 0 aliphatic heterocycles. The molecule has 0 aliphatic rings. The van der Waals surface area contributed by atoms with E-state index in [0.29, 0.717) is 17.7 Å². The number of hydrogen-bond donors (Lipinski definition) is 2. The third-order valence-corrected chi connectivity index (χ3v) is 3.23. The van der Waals surface area contributed by atoms with Gasteiger partial charge in [-0.05, 0) is 19.4 Å². The Morgan fingerprint density at radius 3 is 2.64 bits per heavy atom. The topological polar surface area (TPSA) is 84.1 Å². The van der Waals surface area contributed by atoms with E-state index in [4.69, 9.17) is 4.74 Å². The summed E-state index contributed by atoms with van der Waals surface area (Å²) in [5.41, 5.74) is 2.02. The molecular weight excluding hydrogens is 282 g/mol. The Balaban J connectivity index is 2.12. The van der Waals surface area contributed by atoms with E-state index in [1.807, 2.05) is 30.3 Å². The van der Waals surface area contributed by atoms with Crippen molar-refractivity contribution in [1.82, 2.24) is 15.5 Å². The normalized spacial score (nSPS) is 11.7. The molecule has 0 saturated heterocycles. The van der Waals surface area contributed by atoms with E-state index in [-0.39, 0.29) is 12.5 Å². The molecule has 116 valence electrons. The first-order chi connectivity index (χ1) is 10.6. The molecule has 2 N–H and O–H groups in total. The Bertz CT molecular complexity index is 637. The fraction of sp³-hybridized carbons (Fsp3) is 0.312. The van der Waals surface area contributed by atoms with Gasteiger partial charge in [0.25, 0.3) is 5.91 Å². The number of amides is 1. The quantitative estimate of drug-likeness (QED) is 0.794. The van der Waals surface area contributed by atoms with Crippen molar-refractivity contribution in [3.63, 3.8) is 0 Å². The number of carbonyl (C=O) groups excluding carboxylic acids is 2. The highest BCUT2D eigenvalue weighted by Gasteiger charge is 2.24. The van der Waals surface area contributed by atoms with Gasteiger partial charge in [-0.3, -0.25) is 9.89 Å². The highest BCUT2D eigenvalue weighted by molar-refractivity contribution is 5.97. The number of nitrogens with one attached hydrogen (secondary N) is 2. The second-order valence-electron chi connectivity index (χ2n) is 4.88. The summed E-state index contributed by atoms with van der Waals surface area (Å²) < 4.78 is 5.05. The van der Waals surface area contributed by atoms with Crippen molar-refractivity contribution < 1.29 is 14.3 Å². The van der Waals surface area contributed by atoms with E-state index in [2.05, 4.69) is 15.5 Å². The van der Waals surface area contributed by atoms with Crippen molar-refractivity contribution in [3.8, 4) is 0 Å². The minimum absolute atomic E-state index is 0.269. The number of nitrogens with zero attached hydrogens (tertiary/aromatic N) is 1. The van der Waals surface area contributed by atoms with Gasteiger partial charge in [0.05, 0.1) is 18.4 Å². The van der Waals surface area contributed by atoms with Gasteiger partial charge in [-0.1, -0.05) is 30.3 Å². The Kier molecular flexibility index (Phi) is 5.30. The molecule has 0 aliphatic carbocycles. The standard InChI is InChI=1S/C16H19N3O3/c1-3-22-16(21)14(9-12-7-5-4-6-8-12)18-15(20)13-10-17-19-11(13)2/h4-8,10,14H,3,9H2,1-2H3,(H,17,19)(H,18,20). The summed E-state index contributed by atoms with van der Waals surface area (Å²) in [6.07, 6.45) is 1.82. The highest BCUT2D eigenvalue weighted by Crippen LogP contribution is 2.08. The lowest BCUT2D eigenvalue weighted by molar-refractivity contribution is -0.145. The molecule has 1 aromatic carbocycles. The maximum Gasteiger partial charge on any atom is 0.328 e. The van der Waals surface area contributed by atoms with Crippen LogP contribution in [0.3, 0.4) is 0 Å². The zero-order valence-electron chi connectivity index (χ0n) is 12.6. The number of aromatic amines is 1. The Morgan fingerprint density at radius 1 is 1.32 bits per heavy atom. The lowest BCUT2D eigenvalue weighted by Crippen LogP contribution is -2.43. The van der Waals surface area contributed by atoms with Gasteiger partial charge in [-0.2, -0.15) is 5.10 Å². The van der Waals surface area contributed by atoms with Gasteiger partial charge in [-0.15, -0.1) is 0 Å². The molecule has 1 aromatic heterocycles. The Morgan fingerprint density at radius 2 is 2.05 bits per heavy atom. The number of aromatic nitrogens is 2. The van der Waals surface area contributed by atoms with Gasteiger partial charge in [-0.25, -0.2) is 4.79 Å². The largest absolute Gasteiger partial charge is 0.464 e. The summed E-state index contributed by atoms with van der Waals surface area (Å²) in [6, 6.07) is 8.75. The van der Waals surface area contributed by atoms with Crippen LogP contribution < -0.4 is 5.32 Å². The van der Waals surface area contributed by atoms with Crippen LogP contribution >= 0.6 is 0 Å². The monoisotopic (exact) mass is 301 g/mol. The third-order valence-electron chi connectivity index (χ3n) is 3.23. The molecule has 6 nitrogen and oxygen atoms in total. The van der Waals surface area contributed by atoms with Gasteiger partial charge in [0.1, 0.15) is 6.04 Å². The molecule has 1 atom stereocenters. The number of aryl methyl sites for hydroxylation is 1. The number of H-pyrrole nitrogens is 1. The summed E-state index contributed by atoms with van der Waals surface area (Å²) in [5, 5.41) is 9.23. The molecule has 2 aromatic rings. The molecule has 1 amide bonds. The number of esters is 1. The average Bonchev–Trinajstić information content (AvgIpc) is 2.94. The van der Waals surface area contributed by atoms with E-state index in [1.165, 1.54) is 6.20 Å². The fourth-order valence-electron chi connectivity index (χ4n) is 2.10. The molecule has 1 unspecified atom stereocenters. The molecule has 6 heteroatoms. The van der Waals surface area contributed by atoms with Crippen LogP contribution in [0.15, 0.2) is 36.5 Å². The highest BCUT2D eigenvalue weighted by atomic mass is 16.5. The Labute approximate surface area is 128 Å². The number of carbonyl (C=O) groups is 2. The molecule has 2 rings (SSSR count). The van der Waals surface area contributed by atoms with Crippen LogP contribution in [0.2, 0.25) is 0 Å². The lowest BCUT2D eigenvalue weighted by Gasteiger charge is -2.17. The van der Waals surface area contributed by atoms with Gasteiger partial charge in [0, 0.05) is 12.1 Å². The van der Waals surface area contributed by atoms with Crippen molar-refractivity contribution in [2.24, 2.45) is 0 Å². The predicted octanol–water partition coefficient (Wildman–Crippen LogP) is 1.62. The van der Waals surface area contributed by atoms with Crippen molar-refractivity contribution in [2.45, 2.75) is 26.3 Å². The van der Waals surface area contributed by atoms with Crippen LogP contribution in [-0.4, -0.2) is 34.7 Å². The minimum Gasteiger partial charge on any atom is -0.464 e. The number of hydrogen-bond acceptors (Lipinski definition) is 4. The van der Waals surface area contributed by atoms with Crippen LogP contribution in [0.25, 0.3) is 0 Å². The summed E-state index contributed by atoms with van der Waals surface area (Å²) in [5.74, 6) is -0.791. The van der Waals surface area contributed by atoms with Crippen molar-refractivity contribution in [1.29, 1.82) is 0 Å². The number of rotatable bonds is 6. The molecule has 0 bridgehead atoms. The molecule has 0 saturated carbocycles. The summed E-state index contributed by atoms with van der Waals surface area (Å²) in [4.78, 5) is 24.3. The van der Waals surface area contributed by atoms with Gasteiger partial charge < -0.3 is 10.1 Å². The van der Waals surface area contributed by atoms with E-state index >= 15 is 0 Å². The SMILES string of the molecule is CCOC(=O)C(Cc1ccccc1)NC(=O)c1cn[nH]c1C. The zero-order chi connectivity index (χ0) is 15.9. The minimum atomic E-state index is -0.732. The van der Waals surface area contributed by atoms with E-state index in [9.17, 15) is 9.59 Å². The van der Waals surface area contributed by atoms with Crippen LogP contribution in [-0.2, 0) is 16.0 Å². The summed E-state index contributed by atoms with van der Waals surface area (Å²) in [7, 11) is 0. The first kappa shape index (κ1) is 15.8. The molecule has 1 heterocycles. The van der Waals surface area contributed by atoms with Gasteiger partial charge >= 0.3 is 5.97 Å². The van der Waals surface area contributed by atoms with Crippen LogP contribution in [0, 0.1) is 6.92 Å². The second-order valence-corrected chi connectivity index (χ2v) is 4.88. The van der Waals surface area contributed by atoms with Crippen LogP contribution in [0.5, 0.6) is 0 Å². The third kappa shape index (κ3) is 3.94. The van der Waals surface area contributed by atoms with Crippen molar-refractivity contribution in [2.75, 3.05) is 6.61 Å². The number of benzene rings is 1. The average molecular weight is 301 g/mol. The maximum absolute atomic E-state index is 12.3. The van der Waals surface area contributed by atoms with Gasteiger partial charge in [0.15, 0.2) is 0 Å². The van der Waals surface area contributed by atoms with Crippen LogP contribution in [0.4, 0.5) is 0 Å². The van der Waals surface area contributed by atoms with E-state index in [0.717, 1.165) is 5.56 Å². The van der Waals surface area contributed by atoms with Crippen molar-refractivity contribution >= 4 is 11.9 Å². The maximum atomic E-state index is 12.3. The van der Waals surface area contributed by atoms with E-state index in [1.54, 1.807) is 13.8 Å². The first-order valence-electron chi connectivity index (χ1n) is 7.13. The zero-order valence-corrected chi connectivity index (χ0v) is 12.6. The van der Waals surface area contributed by atoms with Crippen LogP contribution in [0.1, 0.15) is 28.5 Å². The second kappa shape index (κ2) is 7.40. The van der Waals surface area contributed by atoms with Gasteiger partial charge in [0.2, 0.25) is 0 Å². The van der Waals surface area contributed by atoms with Crippen molar-refractivity contribution in [3.05, 3.63) is 53.3 Å². The molecular formula is C16H19N3O3. The first-order valence-corrected chi connectivity index (χ1v) is 7.13. The smallest absolute Gasteiger partial charge is 0.328 e. The molecule has 0 radical (unpaired) electrons. The summed E-state index contributed by atoms with van der Waals surface area (Å²) in [6.45, 7) is 3.75. The Hall–Kier alpha value is -2.63. The van der Waals surface area contributed by atoms with E-state index < -0.39 is 12.0 Å². The fourth-order valence-corrected chi connectivity index (χ4v) is 2.10. The molecule has 0 fully saturated rings. The molecule has 22 heavy (non-hydrogen) atoms. The molecule has 0 spiro atoms. The lowest BCUT2D eigenvalue weighted by atomic mass is 10.1. The number of ether oxygens (including phenoxy) is 1. The predicted molar refractivity (Wildman–Crippen MR) is 81.4 cm³/mol. The summed E-state index contributed by atoms with van der Waals surface area (Å²) >= 11 is 0.